The van der Waals surface area contributed by atoms with Gasteiger partial charge in [-0.15, -0.1) is 0 Å². The number of anilines is 1. The SMILES string of the molecule is CCN1CCN(c2ccc(CC(C)N)c(Cl)c2)CC1. The van der Waals surface area contributed by atoms with Crippen LogP contribution in [0.5, 0.6) is 0 Å². The molecule has 1 aliphatic rings. The van der Waals surface area contributed by atoms with Gasteiger partial charge in [-0.2, -0.15) is 0 Å². The molecule has 0 saturated carbocycles. The van der Waals surface area contributed by atoms with Crippen molar-refractivity contribution in [3.63, 3.8) is 0 Å². The maximum atomic E-state index is 6.36. The first-order valence-corrected chi connectivity index (χ1v) is 7.49. The molecule has 0 radical (unpaired) electrons. The number of hydrogen-bond acceptors (Lipinski definition) is 3. The molecule has 1 saturated heterocycles. The Labute approximate surface area is 121 Å². The summed E-state index contributed by atoms with van der Waals surface area (Å²) in [6, 6.07) is 6.52. The van der Waals surface area contributed by atoms with Crippen LogP contribution >= 0.6 is 11.6 Å². The van der Waals surface area contributed by atoms with Crippen molar-refractivity contribution in [2.45, 2.75) is 26.3 Å². The minimum Gasteiger partial charge on any atom is -0.369 e. The summed E-state index contributed by atoms with van der Waals surface area (Å²) in [5.74, 6) is 0. The molecule has 1 atom stereocenters. The van der Waals surface area contributed by atoms with Crippen LogP contribution in [0, 0.1) is 0 Å². The van der Waals surface area contributed by atoms with E-state index in [2.05, 4.69) is 34.9 Å². The standard InChI is InChI=1S/C15H24ClN3/c1-3-18-6-8-19(9-7-18)14-5-4-13(10-12(2)17)15(16)11-14/h4-5,11-12H,3,6-10,17H2,1-2H3. The highest BCUT2D eigenvalue weighted by molar-refractivity contribution is 6.31. The van der Waals surface area contributed by atoms with Gasteiger partial charge in [-0.25, -0.2) is 0 Å². The van der Waals surface area contributed by atoms with E-state index in [0.29, 0.717) is 0 Å². The lowest BCUT2D eigenvalue weighted by Gasteiger charge is -2.35. The zero-order valence-electron chi connectivity index (χ0n) is 11.9. The Balaban J connectivity index is 2.04. The number of benzene rings is 1. The van der Waals surface area contributed by atoms with Crippen molar-refractivity contribution in [3.8, 4) is 0 Å². The van der Waals surface area contributed by atoms with E-state index in [0.717, 1.165) is 49.7 Å². The van der Waals surface area contributed by atoms with E-state index in [9.17, 15) is 0 Å². The second-order valence-electron chi connectivity index (χ2n) is 5.38. The van der Waals surface area contributed by atoms with E-state index in [-0.39, 0.29) is 6.04 Å². The second-order valence-corrected chi connectivity index (χ2v) is 5.79. The Kier molecular flexibility index (Phi) is 5.08. The zero-order chi connectivity index (χ0) is 13.8. The van der Waals surface area contributed by atoms with Crippen molar-refractivity contribution < 1.29 is 0 Å². The molecule has 2 rings (SSSR count). The minimum absolute atomic E-state index is 0.149. The molecular formula is C15H24ClN3. The Hall–Kier alpha value is -0.770. The summed E-state index contributed by atoms with van der Waals surface area (Å²) in [5.41, 5.74) is 8.21. The van der Waals surface area contributed by atoms with Gasteiger partial charge in [0.2, 0.25) is 0 Å². The number of nitrogens with two attached hydrogens (primary N) is 1. The predicted molar refractivity (Wildman–Crippen MR) is 83.1 cm³/mol. The monoisotopic (exact) mass is 281 g/mol. The highest BCUT2D eigenvalue weighted by Crippen LogP contribution is 2.25. The fraction of sp³-hybridized carbons (Fsp3) is 0.600. The summed E-state index contributed by atoms with van der Waals surface area (Å²) in [6.45, 7) is 9.80. The molecule has 0 aromatic heterocycles. The fourth-order valence-corrected chi connectivity index (χ4v) is 2.82. The highest BCUT2D eigenvalue weighted by atomic mass is 35.5. The van der Waals surface area contributed by atoms with Crippen molar-refractivity contribution in [2.24, 2.45) is 5.73 Å². The topological polar surface area (TPSA) is 32.5 Å². The summed E-state index contributed by atoms with van der Waals surface area (Å²) in [4.78, 5) is 4.89. The molecule has 1 unspecified atom stereocenters. The van der Waals surface area contributed by atoms with E-state index in [1.165, 1.54) is 5.69 Å². The van der Waals surface area contributed by atoms with Crippen LogP contribution in [0.2, 0.25) is 5.02 Å². The molecule has 2 N–H and O–H groups in total. The maximum Gasteiger partial charge on any atom is 0.0459 e. The molecule has 1 aromatic rings. The van der Waals surface area contributed by atoms with Crippen molar-refractivity contribution in [1.29, 1.82) is 0 Å². The van der Waals surface area contributed by atoms with Gasteiger partial charge in [0.15, 0.2) is 0 Å². The van der Waals surface area contributed by atoms with Gasteiger partial charge in [-0.1, -0.05) is 24.6 Å². The molecule has 0 aliphatic carbocycles. The second kappa shape index (κ2) is 6.60. The Bertz CT molecular complexity index is 412. The quantitative estimate of drug-likeness (QED) is 0.920. The molecule has 1 heterocycles. The van der Waals surface area contributed by atoms with E-state index >= 15 is 0 Å². The molecule has 1 aromatic carbocycles. The van der Waals surface area contributed by atoms with E-state index < -0.39 is 0 Å². The van der Waals surface area contributed by atoms with Crippen LogP contribution in [0.4, 0.5) is 5.69 Å². The average molecular weight is 282 g/mol. The summed E-state index contributed by atoms with van der Waals surface area (Å²) in [6.07, 6.45) is 0.836. The smallest absolute Gasteiger partial charge is 0.0459 e. The van der Waals surface area contributed by atoms with Gasteiger partial charge >= 0.3 is 0 Å². The van der Waals surface area contributed by atoms with Crippen LogP contribution in [0.1, 0.15) is 19.4 Å². The molecular weight excluding hydrogens is 258 g/mol. The Morgan fingerprint density at radius 3 is 2.47 bits per heavy atom. The lowest BCUT2D eigenvalue weighted by atomic mass is 10.1. The van der Waals surface area contributed by atoms with Crippen LogP contribution in [-0.4, -0.2) is 43.7 Å². The number of piperazine rings is 1. The van der Waals surface area contributed by atoms with Crippen LogP contribution in [0.3, 0.4) is 0 Å². The molecule has 1 fully saturated rings. The Morgan fingerprint density at radius 1 is 1.26 bits per heavy atom. The first-order valence-electron chi connectivity index (χ1n) is 7.11. The third kappa shape index (κ3) is 3.85. The number of hydrogen-bond donors (Lipinski definition) is 1. The van der Waals surface area contributed by atoms with Gasteiger partial charge in [-0.3, -0.25) is 0 Å². The Morgan fingerprint density at radius 2 is 1.95 bits per heavy atom. The predicted octanol–water partition coefficient (Wildman–Crippen LogP) is 2.37. The van der Waals surface area contributed by atoms with Crippen LogP contribution in [0.25, 0.3) is 0 Å². The fourth-order valence-electron chi connectivity index (χ4n) is 2.57. The first-order chi connectivity index (χ1) is 9.10. The number of halogens is 1. The summed E-state index contributed by atoms with van der Waals surface area (Å²) in [7, 11) is 0. The van der Waals surface area contributed by atoms with Crippen LogP contribution in [0.15, 0.2) is 18.2 Å². The summed E-state index contributed by atoms with van der Waals surface area (Å²) >= 11 is 6.36. The van der Waals surface area contributed by atoms with Gasteiger partial charge in [-0.05, 0) is 37.6 Å². The number of likely N-dealkylation sites (N-methyl/N-ethyl adjacent to an activating group) is 1. The van der Waals surface area contributed by atoms with Gasteiger partial charge < -0.3 is 15.5 Å². The molecule has 106 valence electrons. The van der Waals surface area contributed by atoms with Gasteiger partial charge in [0.1, 0.15) is 0 Å². The normalized spacial score (nSPS) is 18.6. The maximum absolute atomic E-state index is 6.36. The third-order valence-corrected chi connectivity index (χ3v) is 4.12. The van der Waals surface area contributed by atoms with Crippen molar-refractivity contribution in [1.82, 2.24) is 4.90 Å². The average Bonchev–Trinajstić information content (AvgIpc) is 2.41. The minimum atomic E-state index is 0.149. The molecule has 0 spiro atoms. The van der Waals surface area contributed by atoms with Crippen LogP contribution < -0.4 is 10.6 Å². The van der Waals surface area contributed by atoms with Crippen LogP contribution in [-0.2, 0) is 6.42 Å². The number of nitrogens with zero attached hydrogens (tertiary/aromatic N) is 2. The number of rotatable bonds is 4. The van der Waals surface area contributed by atoms with E-state index in [1.54, 1.807) is 0 Å². The summed E-state index contributed by atoms with van der Waals surface area (Å²) in [5, 5.41) is 0.840. The largest absolute Gasteiger partial charge is 0.369 e. The molecule has 3 nitrogen and oxygen atoms in total. The molecule has 4 heteroatoms. The molecule has 0 bridgehead atoms. The van der Waals surface area contributed by atoms with E-state index in [4.69, 9.17) is 17.3 Å². The zero-order valence-corrected chi connectivity index (χ0v) is 12.7. The molecule has 19 heavy (non-hydrogen) atoms. The molecule has 0 amide bonds. The third-order valence-electron chi connectivity index (χ3n) is 3.76. The van der Waals surface area contributed by atoms with E-state index in [1.807, 2.05) is 6.92 Å². The first kappa shape index (κ1) is 14.6. The highest BCUT2D eigenvalue weighted by Gasteiger charge is 2.16. The lowest BCUT2D eigenvalue weighted by Crippen LogP contribution is -2.46. The van der Waals surface area contributed by atoms with Gasteiger partial charge in [0.05, 0.1) is 0 Å². The van der Waals surface area contributed by atoms with Gasteiger partial charge in [0, 0.05) is 42.9 Å². The molecule has 1 aliphatic heterocycles. The van der Waals surface area contributed by atoms with Gasteiger partial charge in [0.25, 0.3) is 0 Å². The summed E-state index contributed by atoms with van der Waals surface area (Å²) < 4.78 is 0. The van der Waals surface area contributed by atoms with Crippen molar-refractivity contribution >= 4 is 17.3 Å². The van der Waals surface area contributed by atoms with Crippen molar-refractivity contribution in [2.75, 3.05) is 37.6 Å². The lowest BCUT2D eigenvalue weighted by molar-refractivity contribution is 0.271. The van der Waals surface area contributed by atoms with Crippen molar-refractivity contribution in [3.05, 3.63) is 28.8 Å².